The average Bonchev–Trinajstić information content (AvgIpc) is 2.29. The van der Waals surface area contributed by atoms with Gasteiger partial charge in [0.25, 0.3) is 0 Å². The summed E-state index contributed by atoms with van der Waals surface area (Å²) in [7, 11) is 0. The van der Waals surface area contributed by atoms with Gasteiger partial charge in [0.15, 0.2) is 0 Å². The largest absolute Gasteiger partial charge is 0.462 e. The number of ether oxygens (including phenoxy) is 2. The molecule has 4 heteroatoms. The van der Waals surface area contributed by atoms with Crippen molar-refractivity contribution in [2.75, 3.05) is 6.61 Å². The van der Waals surface area contributed by atoms with Crippen LogP contribution in [0.1, 0.15) is 27.2 Å². The Kier molecular flexibility index (Phi) is 1.93. The van der Waals surface area contributed by atoms with Crippen LogP contribution in [0.15, 0.2) is 11.6 Å². The fourth-order valence-electron chi connectivity index (χ4n) is 2.04. The Morgan fingerprint density at radius 3 is 2.47 bits per heavy atom. The topological polar surface area (TPSA) is 52.6 Å². The zero-order chi connectivity index (χ0) is 11.3. The molecule has 2 heterocycles. The fourth-order valence-corrected chi connectivity index (χ4v) is 2.04. The van der Waals surface area contributed by atoms with Gasteiger partial charge in [0.2, 0.25) is 5.60 Å². The first-order valence-corrected chi connectivity index (χ1v) is 4.95. The van der Waals surface area contributed by atoms with Gasteiger partial charge < -0.3 is 9.47 Å². The van der Waals surface area contributed by atoms with E-state index in [2.05, 4.69) is 0 Å². The smallest absolute Gasteiger partial charge is 0.355 e. The first kappa shape index (κ1) is 10.2. The number of esters is 2. The van der Waals surface area contributed by atoms with Crippen LogP contribution in [0.25, 0.3) is 0 Å². The lowest BCUT2D eigenvalue weighted by molar-refractivity contribution is -0.174. The number of rotatable bonds is 0. The van der Waals surface area contributed by atoms with Crippen molar-refractivity contribution >= 4 is 11.9 Å². The van der Waals surface area contributed by atoms with Crippen molar-refractivity contribution in [1.82, 2.24) is 0 Å². The quantitative estimate of drug-likeness (QED) is 0.445. The number of cyclic esters (lactones) is 1. The zero-order valence-corrected chi connectivity index (χ0v) is 9.12. The van der Waals surface area contributed by atoms with E-state index in [4.69, 9.17) is 9.47 Å². The summed E-state index contributed by atoms with van der Waals surface area (Å²) >= 11 is 0. The molecule has 1 saturated heterocycles. The van der Waals surface area contributed by atoms with Gasteiger partial charge in [-0.15, -0.1) is 0 Å². The van der Waals surface area contributed by atoms with E-state index in [1.165, 1.54) is 0 Å². The molecule has 0 bridgehead atoms. The lowest BCUT2D eigenvalue weighted by Gasteiger charge is -2.36. The molecule has 1 fully saturated rings. The minimum Gasteiger partial charge on any atom is -0.462 e. The van der Waals surface area contributed by atoms with Crippen LogP contribution in [0.3, 0.4) is 0 Å². The van der Waals surface area contributed by atoms with E-state index in [-0.39, 0.29) is 19.0 Å². The second-order valence-corrected chi connectivity index (χ2v) is 4.84. The second kappa shape index (κ2) is 2.84. The van der Waals surface area contributed by atoms with E-state index in [0.717, 1.165) is 5.57 Å². The summed E-state index contributed by atoms with van der Waals surface area (Å²) in [6.07, 6.45) is 1.98. The Morgan fingerprint density at radius 2 is 2.00 bits per heavy atom. The molecule has 15 heavy (non-hydrogen) atoms. The van der Waals surface area contributed by atoms with E-state index < -0.39 is 17.0 Å². The second-order valence-electron chi connectivity index (χ2n) is 4.84. The van der Waals surface area contributed by atoms with Gasteiger partial charge in [-0.1, -0.05) is 19.4 Å². The fraction of sp³-hybridized carbons (Fsp3) is 0.636. The molecule has 0 radical (unpaired) electrons. The van der Waals surface area contributed by atoms with Gasteiger partial charge in [-0.25, -0.2) is 4.79 Å². The summed E-state index contributed by atoms with van der Waals surface area (Å²) in [6.45, 7) is 5.83. The van der Waals surface area contributed by atoms with E-state index >= 15 is 0 Å². The van der Waals surface area contributed by atoms with Gasteiger partial charge in [-0.3, -0.25) is 4.79 Å². The Morgan fingerprint density at radius 1 is 1.33 bits per heavy atom. The molecule has 2 aliphatic heterocycles. The molecule has 0 aromatic heterocycles. The summed E-state index contributed by atoms with van der Waals surface area (Å²) in [5.41, 5.74) is -0.841. The molecule has 0 aromatic carbocycles. The summed E-state index contributed by atoms with van der Waals surface area (Å²) in [5, 5.41) is 0. The molecule has 0 aromatic rings. The molecule has 0 unspecified atom stereocenters. The predicted octanol–water partition coefficient (Wildman–Crippen LogP) is 1.20. The monoisotopic (exact) mass is 210 g/mol. The third kappa shape index (κ3) is 1.28. The van der Waals surface area contributed by atoms with Crippen molar-refractivity contribution < 1.29 is 19.1 Å². The van der Waals surface area contributed by atoms with Crippen LogP contribution in [0.2, 0.25) is 0 Å². The first-order chi connectivity index (χ1) is 6.87. The SMILES string of the molecule is CC1=C[C@]2(OC(=O)C1)C(=O)OCC2(C)C. The molecule has 0 aliphatic carbocycles. The van der Waals surface area contributed by atoms with Gasteiger partial charge in [0, 0.05) is 0 Å². The third-order valence-electron chi connectivity index (χ3n) is 3.02. The molecule has 0 saturated carbocycles. The average molecular weight is 210 g/mol. The Bertz CT molecular complexity index is 367. The van der Waals surface area contributed by atoms with Crippen molar-refractivity contribution in [3.63, 3.8) is 0 Å². The normalized spacial score (nSPS) is 33.7. The van der Waals surface area contributed by atoms with E-state index in [9.17, 15) is 9.59 Å². The van der Waals surface area contributed by atoms with E-state index in [0.29, 0.717) is 0 Å². The van der Waals surface area contributed by atoms with E-state index in [1.54, 1.807) is 6.08 Å². The Labute approximate surface area is 88.2 Å². The van der Waals surface area contributed by atoms with Crippen molar-refractivity contribution in [1.29, 1.82) is 0 Å². The highest BCUT2D eigenvalue weighted by Crippen LogP contribution is 2.45. The maximum atomic E-state index is 11.7. The van der Waals surface area contributed by atoms with Crippen LogP contribution in [0.4, 0.5) is 0 Å². The molecule has 2 rings (SSSR count). The Balaban J connectivity index is 2.52. The highest BCUT2D eigenvalue weighted by atomic mass is 16.6. The molecule has 1 atom stereocenters. The maximum absolute atomic E-state index is 11.7. The maximum Gasteiger partial charge on any atom is 0.355 e. The number of hydrogen-bond donors (Lipinski definition) is 0. The van der Waals surface area contributed by atoms with Crippen LogP contribution in [-0.4, -0.2) is 24.1 Å². The zero-order valence-electron chi connectivity index (χ0n) is 9.12. The van der Waals surface area contributed by atoms with Crippen molar-refractivity contribution in [3.8, 4) is 0 Å². The van der Waals surface area contributed by atoms with Crippen LogP contribution in [-0.2, 0) is 19.1 Å². The van der Waals surface area contributed by atoms with Crippen molar-refractivity contribution in [2.45, 2.75) is 32.8 Å². The van der Waals surface area contributed by atoms with Crippen molar-refractivity contribution in [2.24, 2.45) is 5.41 Å². The molecule has 2 aliphatic rings. The van der Waals surface area contributed by atoms with Gasteiger partial charge in [-0.2, -0.15) is 0 Å². The molecule has 1 spiro atoms. The molecule has 0 N–H and O–H groups in total. The Hall–Kier alpha value is -1.32. The molecular weight excluding hydrogens is 196 g/mol. The molecule has 4 nitrogen and oxygen atoms in total. The van der Waals surface area contributed by atoms with Crippen LogP contribution >= 0.6 is 0 Å². The number of carbonyl (C=O) groups excluding carboxylic acids is 2. The highest BCUT2D eigenvalue weighted by molar-refractivity contribution is 5.90. The summed E-state index contributed by atoms with van der Waals surface area (Å²) in [5.74, 6) is -0.818. The van der Waals surface area contributed by atoms with Gasteiger partial charge in [-0.05, 0) is 13.0 Å². The number of carbonyl (C=O) groups is 2. The van der Waals surface area contributed by atoms with Gasteiger partial charge in [0.05, 0.1) is 11.8 Å². The summed E-state index contributed by atoms with van der Waals surface area (Å²) < 4.78 is 10.2. The molecule has 82 valence electrons. The lowest BCUT2D eigenvalue weighted by atomic mass is 9.75. The standard InChI is InChI=1S/C11H14O4/c1-7-4-8(12)15-11(5-7)9(13)14-6-10(11,2)3/h5H,4,6H2,1-3H3/t11-/m0/s1. The molecule has 0 amide bonds. The third-order valence-corrected chi connectivity index (χ3v) is 3.02. The molecular formula is C11H14O4. The minimum absolute atomic E-state index is 0.255. The van der Waals surface area contributed by atoms with Gasteiger partial charge >= 0.3 is 11.9 Å². The lowest BCUT2D eigenvalue weighted by Crippen LogP contribution is -2.50. The predicted molar refractivity (Wildman–Crippen MR) is 51.9 cm³/mol. The highest BCUT2D eigenvalue weighted by Gasteiger charge is 2.61. The van der Waals surface area contributed by atoms with Crippen LogP contribution in [0.5, 0.6) is 0 Å². The number of hydrogen-bond acceptors (Lipinski definition) is 4. The van der Waals surface area contributed by atoms with Crippen molar-refractivity contribution in [3.05, 3.63) is 11.6 Å². The van der Waals surface area contributed by atoms with Crippen LogP contribution < -0.4 is 0 Å². The summed E-state index contributed by atoms with van der Waals surface area (Å²) in [4.78, 5) is 23.1. The first-order valence-electron chi connectivity index (χ1n) is 4.95. The van der Waals surface area contributed by atoms with Gasteiger partial charge in [0.1, 0.15) is 6.61 Å². The minimum atomic E-state index is -1.20. The summed E-state index contributed by atoms with van der Waals surface area (Å²) in [6, 6.07) is 0. The van der Waals surface area contributed by atoms with Crippen LogP contribution in [0, 0.1) is 5.41 Å². The van der Waals surface area contributed by atoms with E-state index in [1.807, 2.05) is 20.8 Å².